The normalized spacial score (nSPS) is 14.2. The van der Waals surface area contributed by atoms with Crippen molar-refractivity contribution in [2.24, 2.45) is 5.10 Å². The van der Waals surface area contributed by atoms with Crippen LogP contribution >= 0.6 is 0 Å². The summed E-state index contributed by atoms with van der Waals surface area (Å²) in [5.74, 6) is 2.01. The van der Waals surface area contributed by atoms with Crippen LogP contribution in [0.3, 0.4) is 0 Å². The van der Waals surface area contributed by atoms with Gasteiger partial charge in [0, 0.05) is 36.1 Å². The van der Waals surface area contributed by atoms with Crippen LogP contribution in [0.25, 0.3) is 5.65 Å². The van der Waals surface area contributed by atoms with Gasteiger partial charge in [0.2, 0.25) is 0 Å². The number of benzene rings is 2. The van der Waals surface area contributed by atoms with Crippen molar-refractivity contribution >= 4 is 29.5 Å². The number of anilines is 1. The molecule has 0 spiro atoms. The maximum Gasteiger partial charge on any atom is 0.490 e. The molecule has 0 saturated heterocycles. The Kier molecular flexibility index (Phi) is 8.27. The molecule has 4 aromatic rings. The summed E-state index contributed by atoms with van der Waals surface area (Å²) in [6.45, 7) is 1.92. The number of imidazole rings is 1. The second-order valence-corrected chi connectivity index (χ2v) is 8.55. The van der Waals surface area contributed by atoms with Gasteiger partial charge in [-0.25, -0.2) is 32.9 Å². The molecule has 1 aliphatic heterocycles. The van der Waals surface area contributed by atoms with Gasteiger partial charge in [-0.2, -0.15) is 23.4 Å². The van der Waals surface area contributed by atoms with Gasteiger partial charge in [0.1, 0.15) is 17.3 Å². The van der Waals surface area contributed by atoms with E-state index in [0.717, 1.165) is 17.2 Å². The second kappa shape index (κ2) is 11.8. The average Bonchev–Trinajstić information content (AvgIpc) is 3.56. The molecule has 0 radical (unpaired) electrons. The smallest absolute Gasteiger partial charge is 0.475 e. The minimum atomic E-state index is -5.08. The number of halogens is 5. The highest BCUT2D eigenvalue weighted by molar-refractivity contribution is 5.91. The number of carboxylic acid groups (broad SMARTS) is 1. The summed E-state index contributed by atoms with van der Waals surface area (Å²) in [6.07, 6.45) is 0.127. The molecule has 1 aliphatic rings. The third kappa shape index (κ3) is 7.01. The molecule has 0 unspecified atom stereocenters. The van der Waals surface area contributed by atoms with Gasteiger partial charge >= 0.3 is 18.2 Å². The molecule has 210 valence electrons. The van der Waals surface area contributed by atoms with Gasteiger partial charge < -0.3 is 10.4 Å². The lowest BCUT2D eigenvalue weighted by Gasteiger charge is -2.22. The van der Waals surface area contributed by atoms with E-state index < -0.39 is 35.9 Å². The molecular formula is C27H19F5N6O3. The van der Waals surface area contributed by atoms with E-state index in [1.807, 2.05) is 19.1 Å². The Bertz CT molecular complexity index is 1690. The summed E-state index contributed by atoms with van der Waals surface area (Å²) in [6, 6.07) is 11.1. The van der Waals surface area contributed by atoms with Crippen molar-refractivity contribution in [3.63, 3.8) is 0 Å². The predicted molar refractivity (Wildman–Crippen MR) is 137 cm³/mol. The zero-order valence-corrected chi connectivity index (χ0v) is 21.0. The predicted octanol–water partition coefficient (Wildman–Crippen LogP) is 5.31. The zero-order chi connectivity index (χ0) is 29.7. The van der Waals surface area contributed by atoms with Crippen molar-refractivity contribution in [1.29, 1.82) is 0 Å². The summed E-state index contributed by atoms with van der Waals surface area (Å²) in [5.41, 5.74) is 3.84. The van der Waals surface area contributed by atoms with Crippen LogP contribution in [0.4, 0.5) is 32.4 Å². The number of carbonyl (C=O) groups is 2. The number of rotatable bonds is 2. The molecule has 2 N–H and O–H groups in total. The number of aromatic nitrogens is 3. The molecule has 2 amide bonds. The summed E-state index contributed by atoms with van der Waals surface area (Å²) >= 11 is 0. The number of alkyl halides is 3. The van der Waals surface area contributed by atoms with Crippen LogP contribution in [0.2, 0.25) is 0 Å². The van der Waals surface area contributed by atoms with Crippen LogP contribution in [0.15, 0.2) is 66.0 Å². The first-order valence-corrected chi connectivity index (χ1v) is 11.7. The molecule has 0 saturated carbocycles. The molecule has 9 nitrogen and oxygen atoms in total. The number of hydrogen-bond donors (Lipinski definition) is 2. The number of nitrogens with zero attached hydrogens (tertiary/aromatic N) is 5. The highest BCUT2D eigenvalue weighted by Gasteiger charge is 2.38. The zero-order valence-electron chi connectivity index (χ0n) is 21.0. The number of aryl methyl sites for hydroxylation is 1. The Labute approximate surface area is 228 Å². The fraction of sp³-hybridized carbons (Fsp3) is 0.148. The maximum absolute atomic E-state index is 13.7. The third-order valence-corrected chi connectivity index (χ3v) is 5.64. The number of hydrogen-bond acceptors (Lipinski definition) is 5. The number of aliphatic carboxylic acids is 1. The third-order valence-electron chi connectivity index (χ3n) is 5.64. The van der Waals surface area contributed by atoms with E-state index >= 15 is 0 Å². The Morgan fingerprint density at radius 1 is 1.07 bits per heavy atom. The number of carboxylic acids is 1. The van der Waals surface area contributed by atoms with Crippen molar-refractivity contribution in [3.8, 4) is 11.8 Å². The number of fused-ring (bicyclic) bond motifs is 1. The standard InChI is InChI=1S/C25H18F2N6O.C2HF3O2/c1-16-4-6-21(13-17(16)5-7-22-15-28-24-3-2-9-29-32(22)24)31-25(34)33-23(8-10-30-33)18-11-19(26)14-20(27)12-18;3-2(4,5)1(6)7/h2-4,6,9-15,23H,8H2,1H3,(H,31,34);(H,6,7)/t23-;/m0./s1. The number of hydrazone groups is 1. The SMILES string of the molecule is Cc1ccc(NC(=O)N2N=CC[C@H]2c2cc(F)cc(F)c2)cc1C#Cc1cnc2cccnn12.O=C(O)C(F)(F)F. The quantitative estimate of drug-likeness (QED) is 0.251. The average molecular weight is 570 g/mol. The van der Waals surface area contributed by atoms with Crippen LogP contribution in [0, 0.1) is 30.4 Å². The van der Waals surface area contributed by atoms with E-state index in [0.29, 0.717) is 29.0 Å². The summed E-state index contributed by atoms with van der Waals surface area (Å²) in [5, 5.41) is 19.4. The Morgan fingerprint density at radius 2 is 1.78 bits per heavy atom. The van der Waals surface area contributed by atoms with E-state index in [2.05, 4.69) is 32.3 Å². The van der Waals surface area contributed by atoms with Crippen LogP contribution in [-0.2, 0) is 4.79 Å². The first-order chi connectivity index (χ1) is 19.4. The summed E-state index contributed by atoms with van der Waals surface area (Å²) in [7, 11) is 0. The summed E-state index contributed by atoms with van der Waals surface area (Å²) < 4.78 is 60.7. The molecule has 14 heteroatoms. The molecule has 41 heavy (non-hydrogen) atoms. The number of amides is 2. The van der Waals surface area contributed by atoms with Crippen molar-refractivity contribution in [2.45, 2.75) is 25.6 Å². The lowest BCUT2D eigenvalue weighted by molar-refractivity contribution is -0.192. The highest BCUT2D eigenvalue weighted by Crippen LogP contribution is 2.30. The molecule has 2 aromatic heterocycles. The van der Waals surface area contributed by atoms with E-state index in [-0.39, 0.29) is 0 Å². The minimum absolute atomic E-state index is 0.335. The van der Waals surface area contributed by atoms with Crippen molar-refractivity contribution in [3.05, 3.63) is 94.9 Å². The van der Waals surface area contributed by atoms with Gasteiger partial charge in [-0.3, -0.25) is 0 Å². The first-order valence-electron chi connectivity index (χ1n) is 11.7. The Morgan fingerprint density at radius 3 is 2.46 bits per heavy atom. The maximum atomic E-state index is 13.7. The largest absolute Gasteiger partial charge is 0.490 e. The van der Waals surface area contributed by atoms with E-state index in [1.54, 1.807) is 41.3 Å². The molecule has 3 heterocycles. The van der Waals surface area contributed by atoms with Gasteiger partial charge in [0.15, 0.2) is 5.65 Å². The number of nitrogens with one attached hydrogen (secondary N) is 1. The van der Waals surface area contributed by atoms with Gasteiger partial charge in [0.05, 0.1) is 12.2 Å². The number of carbonyl (C=O) groups excluding carboxylic acids is 1. The van der Waals surface area contributed by atoms with Gasteiger partial charge in [-0.1, -0.05) is 12.0 Å². The fourth-order valence-electron chi connectivity index (χ4n) is 3.72. The monoisotopic (exact) mass is 570 g/mol. The summed E-state index contributed by atoms with van der Waals surface area (Å²) in [4.78, 5) is 26.1. The molecule has 1 atom stereocenters. The topological polar surface area (TPSA) is 112 Å². The molecule has 0 aliphatic carbocycles. The van der Waals surface area contributed by atoms with E-state index in [4.69, 9.17) is 9.90 Å². The fourth-order valence-corrected chi connectivity index (χ4v) is 3.72. The van der Waals surface area contributed by atoms with E-state index in [9.17, 15) is 26.7 Å². The van der Waals surface area contributed by atoms with Crippen LogP contribution < -0.4 is 5.32 Å². The van der Waals surface area contributed by atoms with Crippen molar-refractivity contribution in [2.75, 3.05) is 5.32 Å². The van der Waals surface area contributed by atoms with Gasteiger partial charge in [-0.15, -0.1) is 0 Å². The molecule has 5 rings (SSSR count). The Balaban J connectivity index is 0.000000493. The lowest BCUT2D eigenvalue weighted by Crippen LogP contribution is -2.31. The number of urea groups is 1. The molecular weight excluding hydrogens is 551 g/mol. The Hall–Kier alpha value is -5.32. The molecule has 0 bridgehead atoms. The van der Waals surface area contributed by atoms with Crippen molar-refractivity contribution < 1.29 is 36.6 Å². The minimum Gasteiger partial charge on any atom is -0.475 e. The first kappa shape index (κ1) is 28.7. The van der Waals surface area contributed by atoms with Crippen molar-refractivity contribution in [1.82, 2.24) is 19.6 Å². The molecule has 2 aromatic carbocycles. The van der Waals surface area contributed by atoms with Crippen LogP contribution in [-0.4, -0.2) is 49.1 Å². The lowest BCUT2D eigenvalue weighted by atomic mass is 10.0. The molecule has 0 fully saturated rings. The van der Waals surface area contributed by atoms with Gasteiger partial charge in [0.25, 0.3) is 0 Å². The van der Waals surface area contributed by atoms with Crippen LogP contribution in [0.1, 0.15) is 34.8 Å². The second-order valence-electron chi connectivity index (χ2n) is 8.55. The van der Waals surface area contributed by atoms with Crippen LogP contribution in [0.5, 0.6) is 0 Å². The van der Waals surface area contributed by atoms with E-state index in [1.165, 1.54) is 17.1 Å². The highest BCUT2D eigenvalue weighted by atomic mass is 19.4. The van der Waals surface area contributed by atoms with Gasteiger partial charge in [-0.05, 0) is 60.4 Å².